The van der Waals surface area contributed by atoms with E-state index in [2.05, 4.69) is 21.9 Å². The van der Waals surface area contributed by atoms with E-state index in [0.29, 0.717) is 5.69 Å². The third kappa shape index (κ3) is 4.30. The van der Waals surface area contributed by atoms with Crippen LogP contribution < -0.4 is 10.0 Å². The van der Waals surface area contributed by atoms with Gasteiger partial charge in [-0.3, -0.25) is 4.72 Å². The molecular weight excluding hydrogens is 288 g/mol. The molecule has 6 nitrogen and oxygen atoms in total. The molecule has 0 unspecified atom stereocenters. The molecule has 0 amide bonds. The van der Waals surface area contributed by atoms with Gasteiger partial charge in [-0.1, -0.05) is 19.1 Å². The second-order valence-corrected chi connectivity index (χ2v) is 6.49. The van der Waals surface area contributed by atoms with Crippen molar-refractivity contribution in [1.82, 2.24) is 14.9 Å². The number of rotatable bonds is 7. The normalized spacial score (nSPS) is 11.5. The van der Waals surface area contributed by atoms with Gasteiger partial charge in [0.05, 0.1) is 6.33 Å². The number of anilines is 1. The molecule has 2 N–H and O–H groups in total. The first-order chi connectivity index (χ1) is 10.0. The van der Waals surface area contributed by atoms with E-state index in [1.54, 1.807) is 23.7 Å². The van der Waals surface area contributed by atoms with Gasteiger partial charge in [-0.15, -0.1) is 0 Å². The fourth-order valence-corrected chi connectivity index (χ4v) is 2.88. The predicted octanol–water partition coefficient (Wildman–Crippen LogP) is 1.72. The first kappa shape index (κ1) is 15.5. The summed E-state index contributed by atoms with van der Waals surface area (Å²) in [6.45, 7) is 3.86. The quantitative estimate of drug-likeness (QED) is 0.764. The van der Waals surface area contributed by atoms with Crippen molar-refractivity contribution in [2.24, 2.45) is 7.05 Å². The number of hydrogen-bond donors (Lipinski definition) is 2. The van der Waals surface area contributed by atoms with Crippen molar-refractivity contribution in [3.63, 3.8) is 0 Å². The molecule has 0 saturated heterocycles. The number of aryl methyl sites for hydroxylation is 1. The molecule has 0 aliphatic rings. The van der Waals surface area contributed by atoms with Gasteiger partial charge < -0.3 is 9.88 Å². The molecule has 7 heteroatoms. The summed E-state index contributed by atoms with van der Waals surface area (Å²) in [6.07, 6.45) is 4.00. The van der Waals surface area contributed by atoms with Crippen molar-refractivity contribution in [3.8, 4) is 0 Å². The van der Waals surface area contributed by atoms with Crippen LogP contribution in [-0.4, -0.2) is 24.5 Å². The molecule has 0 radical (unpaired) electrons. The molecule has 0 fully saturated rings. The van der Waals surface area contributed by atoms with Crippen LogP contribution in [0.25, 0.3) is 0 Å². The van der Waals surface area contributed by atoms with Crippen LogP contribution in [0.4, 0.5) is 5.69 Å². The van der Waals surface area contributed by atoms with Crippen molar-refractivity contribution in [3.05, 3.63) is 42.4 Å². The minimum Gasteiger partial charge on any atom is -0.339 e. The van der Waals surface area contributed by atoms with Crippen molar-refractivity contribution >= 4 is 15.7 Å². The Hall–Kier alpha value is -1.86. The Morgan fingerprint density at radius 2 is 1.95 bits per heavy atom. The first-order valence-electron chi connectivity index (χ1n) is 6.81. The number of sulfonamides is 1. The van der Waals surface area contributed by atoms with E-state index in [9.17, 15) is 8.42 Å². The van der Waals surface area contributed by atoms with Crippen LogP contribution in [0, 0.1) is 0 Å². The average molecular weight is 308 g/mol. The minimum absolute atomic E-state index is 0.0127. The summed E-state index contributed by atoms with van der Waals surface area (Å²) in [6, 6.07) is 7.31. The van der Waals surface area contributed by atoms with Gasteiger partial charge in [0.1, 0.15) is 0 Å². The van der Waals surface area contributed by atoms with Gasteiger partial charge in [0, 0.05) is 25.5 Å². The van der Waals surface area contributed by atoms with Crippen LogP contribution in [-0.2, 0) is 23.6 Å². The van der Waals surface area contributed by atoms with Crippen LogP contribution in [0.2, 0.25) is 0 Å². The maximum Gasteiger partial charge on any atom is 0.280 e. The lowest BCUT2D eigenvalue weighted by Gasteiger charge is -2.07. The molecule has 0 atom stereocenters. The fraction of sp³-hybridized carbons (Fsp3) is 0.357. The number of aromatic nitrogens is 2. The molecule has 0 saturated carbocycles. The molecule has 114 valence electrons. The number of nitrogens with zero attached hydrogens (tertiary/aromatic N) is 2. The van der Waals surface area contributed by atoms with Crippen LogP contribution in [0.1, 0.15) is 18.9 Å². The van der Waals surface area contributed by atoms with Crippen LogP contribution >= 0.6 is 0 Å². The molecule has 0 spiro atoms. The zero-order valence-electron chi connectivity index (χ0n) is 12.2. The standard InChI is InChI=1S/C14H20N4O2S/c1-3-8-15-9-12-4-6-13(7-5-12)17-21(19,20)14-10-18(2)11-16-14/h4-7,10-11,15,17H,3,8-9H2,1-2H3. The Kier molecular flexibility index (Phi) is 4.98. The van der Waals surface area contributed by atoms with E-state index in [1.807, 2.05) is 12.1 Å². The Labute approximate surface area is 125 Å². The molecule has 0 bridgehead atoms. The highest BCUT2D eigenvalue weighted by molar-refractivity contribution is 7.92. The van der Waals surface area contributed by atoms with Crippen LogP contribution in [0.15, 0.2) is 41.8 Å². The van der Waals surface area contributed by atoms with Crippen molar-refractivity contribution in [2.75, 3.05) is 11.3 Å². The molecule has 1 heterocycles. The summed E-state index contributed by atoms with van der Waals surface area (Å²) in [5, 5.41) is 3.31. The monoisotopic (exact) mass is 308 g/mol. The van der Waals surface area contributed by atoms with E-state index in [1.165, 1.54) is 12.5 Å². The lowest BCUT2D eigenvalue weighted by molar-refractivity contribution is 0.598. The SMILES string of the molecule is CCCNCc1ccc(NS(=O)(=O)c2cn(C)cn2)cc1. The highest BCUT2D eigenvalue weighted by Crippen LogP contribution is 2.15. The first-order valence-corrected chi connectivity index (χ1v) is 8.30. The number of benzene rings is 1. The van der Waals surface area contributed by atoms with Crippen LogP contribution in [0.5, 0.6) is 0 Å². The summed E-state index contributed by atoms with van der Waals surface area (Å²) in [7, 11) is -1.90. The second-order valence-electron chi connectivity index (χ2n) is 4.86. The summed E-state index contributed by atoms with van der Waals surface area (Å²) in [5.74, 6) is 0. The van der Waals surface area contributed by atoms with Gasteiger partial charge >= 0.3 is 0 Å². The molecular formula is C14H20N4O2S. The molecule has 1 aromatic heterocycles. The molecule has 21 heavy (non-hydrogen) atoms. The molecule has 0 aliphatic carbocycles. The number of nitrogens with one attached hydrogen (secondary N) is 2. The van der Waals surface area contributed by atoms with Crippen molar-refractivity contribution < 1.29 is 8.42 Å². The topological polar surface area (TPSA) is 76.0 Å². The Morgan fingerprint density at radius 3 is 2.52 bits per heavy atom. The molecule has 0 aliphatic heterocycles. The van der Waals surface area contributed by atoms with Crippen molar-refractivity contribution in [2.45, 2.75) is 24.9 Å². The maximum absolute atomic E-state index is 12.1. The van der Waals surface area contributed by atoms with Gasteiger partial charge in [0.2, 0.25) is 0 Å². The number of hydrogen-bond acceptors (Lipinski definition) is 4. The molecule has 2 rings (SSSR count). The Bertz CT molecular complexity index is 677. The zero-order chi connectivity index (χ0) is 15.3. The summed E-state index contributed by atoms with van der Waals surface area (Å²) < 4.78 is 28.3. The Balaban J connectivity index is 2.03. The summed E-state index contributed by atoms with van der Waals surface area (Å²) >= 11 is 0. The van der Waals surface area contributed by atoms with Crippen molar-refractivity contribution in [1.29, 1.82) is 0 Å². The maximum atomic E-state index is 12.1. The molecule has 1 aromatic carbocycles. The van der Waals surface area contributed by atoms with Gasteiger partial charge in [0.15, 0.2) is 5.03 Å². The highest BCUT2D eigenvalue weighted by Gasteiger charge is 2.16. The smallest absolute Gasteiger partial charge is 0.280 e. The highest BCUT2D eigenvalue weighted by atomic mass is 32.2. The Morgan fingerprint density at radius 1 is 1.24 bits per heavy atom. The van der Waals surface area contributed by atoms with E-state index >= 15 is 0 Å². The summed E-state index contributed by atoms with van der Waals surface area (Å²) in [5.41, 5.74) is 1.64. The predicted molar refractivity (Wildman–Crippen MR) is 82.5 cm³/mol. The van der Waals surface area contributed by atoms with Gasteiger partial charge in [-0.2, -0.15) is 8.42 Å². The van der Waals surface area contributed by atoms with Gasteiger partial charge in [-0.25, -0.2) is 4.98 Å². The average Bonchev–Trinajstić information content (AvgIpc) is 2.88. The number of imidazole rings is 1. The minimum atomic E-state index is -3.62. The lowest BCUT2D eigenvalue weighted by Crippen LogP contribution is -2.15. The lowest BCUT2D eigenvalue weighted by atomic mass is 10.2. The van der Waals surface area contributed by atoms with E-state index in [-0.39, 0.29) is 5.03 Å². The van der Waals surface area contributed by atoms with E-state index in [0.717, 1.165) is 25.1 Å². The van der Waals surface area contributed by atoms with Gasteiger partial charge in [-0.05, 0) is 30.7 Å². The van der Waals surface area contributed by atoms with Crippen LogP contribution in [0.3, 0.4) is 0 Å². The second kappa shape index (κ2) is 6.73. The molecule has 2 aromatic rings. The van der Waals surface area contributed by atoms with E-state index in [4.69, 9.17) is 0 Å². The van der Waals surface area contributed by atoms with E-state index < -0.39 is 10.0 Å². The van der Waals surface area contributed by atoms with Gasteiger partial charge in [0.25, 0.3) is 10.0 Å². The largest absolute Gasteiger partial charge is 0.339 e. The third-order valence-corrected chi connectivity index (χ3v) is 4.18. The zero-order valence-corrected chi connectivity index (χ0v) is 13.0. The fourth-order valence-electron chi connectivity index (χ4n) is 1.84. The summed E-state index contributed by atoms with van der Waals surface area (Å²) in [4.78, 5) is 3.85. The third-order valence-electron chi connectivity index (χ3n) is 2.92.